The molecule has 6 nitrogen and oxygen atoms in total. The first-order chi connectivity index (χ1) is 12.4. The normalized spacial score (nSPS) is 12.2. The maximum absolute atomic E-state index is 12.1. The van der Waals surface area contributed by atoms with E-state index >= 15 is 0 Å². The first kappa shape index (κ1) is 21.3. The van der Waals surface area contributed by atoms with Gasteiger partial charge in [0.1, 0.15) is 0 Å². The van der Waals surface area contributed by atoms with Gasteiger partial charge in [-0.3, -0.25) is 14.8 Å². The van der Waals surface area contributed by atoms with Crippen LogP contribution in [0.1, 0.15) is 56.0 Å². The van der Waals surface area contributed by atoms with Crippen molar-refractivity contribution in [3.8, 4) is 0 Å². The molecule has 140 valence electrons. The second kappa shape index (κ2) is 11.8. The Bertz CT molecular complexity index is 689. The average molecular weight is 357 g/mol. The summed E-state index contributed by atoms with van der Waals surface area (Å²) in [6.45, 7) is 6.34. The Kier molecular flexibility index (Phi) is 9.64. The Hall–Kier alpha value is -2.73. The number of amides is 2. The number of carbonyl (C=O) groups is 2. The molecule has 2 amide bonds. The molecule has 1 aromatic rings. The number of hydroxylamine groups is 1. The molecule has 6 heteroatoms. The molecule has 0 aromatic heterocycles. The maximum atomic E-state index is 12.1. The third-order valence-electron chi connectivity index (χ3n) is 3.66. The van der Waals surface area contributed by atoms with Gasteiger partial charge in [0.05, 0.1) is 0 Å². The van der Waals surface area contributed by atoms with Crippen LogP contribution in [0.5, 0.6) is 0 Å². The molecule has 0 spiro atoms. The van der Waals surface area contributed by atoms with Gasteiger partial charge < -0.3 is 0 Å². The van der Waals surface area contributed by atoms with Crippen molar-refractivity contribution in [2.75, 3.05) is 0 Å². The van der Waals surface area contributed by atoms with Crippen LogP contribution in [-0.4, -0.2) is 23.2 Å². The number of hydrogen-bond acceptors (Lipinski definition) is 4. The van der Waals surface area contributed by atoms with Crippen LogP contribution in [0.3, 0.4) is 0 Å². The van der Waals surface area contributed by atoms with Gasteiger partial charge in [0, 0.05) is 17.9 Å². The average Bonchev–Trinajstić information content (AvgIpc) is 2.63. The van der Waals surface area contributed by atoms with Crippen LogP contribution in [0.2, 0.25) is 0 Å². The van der Waals surface area contributed by atoms with Gasteiger partial charge in [0.25, 0.3) is 11.8 Å². The minimum Gasteiger partial charge on any atom is -0.288 e. The minimum atomic E-state index is -0.636. The van der Waals surface area contributed by atoms with E-state index < -0.39 is 5.91 Å². The Labute approximate surface area is 154 Å². The number of nitrogens with zero attached hydrogens (tertiary/aromatic N) is 1. The van der Waals surface area contributed by atoms with Crippen LogP contribution in [0.25, 0.3) is 6.08 Å². The molecule has 0 aliphatic rings. The zero-order valence-electron chi connectivity index (χ0n) is 15.5. The summed E-state index contributed by atoms with van der Waals surface area (Å²) < 4.78 is 0. The second-order valence-corrected chi connectivity index (χ2v) is 6.39. The highest BCUT2D eigenvalue weighted by molar-refractivity contribution is 5.95. The largest absolute Gasteiger partial charge is 0.288 e. The molecule has 3 N–H and O–H groups in total. The fourth-order valence-corrected chi connectivity index (χ4v) is 2.17. The van der Waals surface area contributed by atoms with E-state index in [9.17, 15) is 9.59 Å². The molecule has 26 heavy (non-hydrogen) atoms. The fourth-order valence-electron chi connectivity index (χ4n) is 2.17. The lowest BCUT2D eigenvalue weighted by molar-refractivity contribution is -0.124. The van der Waals surface area contributed by atoms with E-state index in [1.165, 1.54) is 23.2 Å². The van der Waals surface area contributed by atoms with Crippen molar-refractivity contribution in [1.82, 2.24) is 10.9 Å². The molecule has 0 aliphatic carbocycles. The van der Waals surface area contributed by atoms with Crippen LogP contribution >= 0.6 is 0 Å². The number of hydrogen-bond donors (Lipinski definition) is 3. The summed E-state index contributed by atoms with van der Waals surface area (Å²) in [5.41, 5.74) is 6.44. The molecule has 0 fully saturated rings. The first-order valence-corrected chi connectivity index (χ1v) is 8.59. The number of carbonyl (C=O) groups excluding carboxylic acids is 2. The predicted molar refractivity (Wildman–Crippen MR) is 104 cm³/mol. The van der Waals surface area contributed by atoms with Crippen molar-refractivity contribution < 1.29 is 14.8 Å². The van der Waals surface area contributed by atoms with Gasteiger partial charge in [0.15, 0.2) is 0 Å². The van der Waals surface area contributed by atoms with Crippen LogP contribution in [0.15, 0.2) is 47.1 Å². The van der Waals surface area contributed by atoms with Gasteiger partial charge >= 0.3 is 0 Å². The second-order valence-electron chi connectivity index (χ2n) is 6.39. The minimum absolute atomic E-state index is 0.319. The molecule has 1 aromatic carbocycles. The van der Waals surface area contributed by atoms with E-state index in [4.69, 9.17) is 5.21 Å². The van der Waals surface area contributed by atoms with E-state index in [1.807, 2.05) is 0 Å². The summed E-state index contributed by atoms with van der Waals surface area (Å²) in [5.74, 6) is -0.458. The Balaban J connectivity index is 2.49. The smallest absolute Gasteiger partial charge is 0.271 e. The molecule has 0 unspecified atom stereocenters. The van der Waals surface area contributed by atoms with E-state index in [0.717, 1.165) is 19.3 Å². The lowest BCUT2D eigenvalue weighted by Crippen LogP contribution is -2.17. The molecule has 0 aliphatic heterocycles. The summed E-state index contributed by atoms with van der Waals surface area (Å²) >= 11 is 0. The van der Waals surface area contributed by atoms with Crippen molar-refractivity contribution in [3.63, 3.8) is 0 Å². The van der Waals surface area contributed by atoms with Gasteiger partial charge in [-0.25, -0.2) is 10.9 Å². The molecule has 0 heterocycles. The van der Waals surface area contributed by atoms with Crippen molar-refractivity contribution in [2.45, 2.75) is 40.0 Å². The van der Waals surface area contributed by atoms with Crippen LogP contribution in [0, 0.1) is 5.92 Å². The summed E-state index contributed by atoms with van der Waals surface area (Å²) in [7, 11) is 0. The zero-order chi connectivity index (χ0) is 19.4. The van der Waals surface area contributed by atoms with Crippen LogP contribution in [-0.2, 0) is 4.79 Å². The maximum Gasteiger partial charge on any atom is 0.271 e. The molecule has 1 atom stereocenters. The standard InChI is InChI=1S/C20H27N3O3/c1-15(2)6-4-7-16(3)12-13-21-22-20(25)18-9-5-8-17(14-18)10-11-19(24)23-26/h5-6,8-11,13-14,16,26H,4,7,12H2,1-3H3,(H,22,25)(H,23,24)/t16-/m0/s1. The van der Waals surface area contributed by atoms with Crippen molar-refractivity contribution in [1.29, 1.82) is 0 Å². The molecule has 0 saturated heterocycles. The number of rotatable bonds is 9. The molecule has 1 rings (SSSR count). The van der Waals surface area contributed by atoms with Gasteiger partial charge in [-0.15, -0.1) is 0 Å². The Morgan fingerprint density at radius 1 is 1.31 bits per heavy atom. The summed E-state index contributed by atoms with van der Waals surface area (Å²) in [4.78, 5) is 23.1. The lowest BCUT2D eigenvalue weighted by atomic mass is 10.0. The molecule has 0 bridgehead atoms. The highest BCUT2D eigenvalue weighted by Gasteiger charge is 2.04. The Morgan fingerprint density at radius 2 is 2.08 bits per heavy atom. The SMILES string of the molecule is CC(C)=CCC[C@H](C)CC=NNC(=O)c1cccc(C=CC(=O)NO)c1. The number of benzene rings is 1. The highest BCUT2D eigenvalue weighted by Crippen LogP contribution is 2.10. The summed E-state index contributed by atoms with van der Waals surface area (Å²) in [6.07, 6.45) is 9.56. The van der Waals surface area contributed by atoms with Gasteiger partial charge in [-0.1, -0.05) is 30.7 Å². The summed E-state index contributed by atoms with van der Waals surface area (Å²) in [6, 6.07) is 6.75. The molecular formula is C20H27N3O3. The van der Waals surface area contributed by atoms with Gasteiger partial charge in [-0.2, -0.15) is 5.10 Å². The number of allylic oxidation sites excluding steroid dienone is 2. The zero-order valence-corrected chi connectivity index (χ0v) is 15.5. The predicted octanol–water partition coefficient (Wildman–Crippen LogP) is 3.69. The van der Waals surface area contributed by atoms with E-state index in [2.05, 4.69) is 37.4 Å². The number of hydrazone groups is 1. The fraction of sp³-hybridized carbons (Fsp3) is 0.350. The molecular weight excluding hydrogens is 330 g/mol. The highest BCUT2D eigenvalue weighted by atomic mass is 16.5. The third-order valence-corrected chi connectivity index (χ3v) is 3.66. The Morgan fingerprint density at radius 3 is 2.77 bits per heavy atom. The van der Waals surface area contributed by atoms with Crippen molar-refractivity contribution >= 4 is 24.1 Å². The van der Waals surface area contributed by atoms with Crippen molar-refractivity contribution in [3.05, 3.63) is 53.1 Å². The quantitative estimate of drug-likeness (QED) is 0.207. The lowest BCUT2D eigenvalue weighted by Gasteiger charge is -2.06. The monoisotopic (exact) mass is 357 g/mol. The van der Waals surface area contributed by atoms with E-state index in [0.29, 0.717) is 17.0 Å². The third kappa shape index (κ3) is 8.94. The van der Waals surface area contributed by atoms with E-state index in [-0.39, 0.29) is 5.91 Å². The van der Waals surface area contributed by atoms with Crippen LogP contribution < -0.4 is 10.9 Å². The van der Waals surface area contributed by atoms with Gasteiger partial charge in [0.2, 0.25) is 0 Å². The molecule has 0 saturated carbocycles. The van der Waals surface area contributed by atoms with Crippen molar-refractivity contribution in [2.24, 2.45) is 11.0 Å². The van der Waals surface area contributed by atoms with E-state index in [1.54, 1.807) is 30.5 Å². The van der Waals surface area contributed by atoms with Gasteiger partial charge in [-0.05, 0) is 62.8 Å². The topological polar surface area (TPSA) is 90.8 Å². The molecule has 0 radical (unpaired) electrons. The van der Waals surface area contributed by atoms with Crippen LogP contribution in [0.4, 0.5) is 0 Å². The number of nitrogens with one attached hydrogen (secondary N) is 2. The summed E-state index contributed by atoms with van der Waals surface area (Å²) in [5, 5.41) is 12.4. The first-order valence-electron chi connectivity index (χ1n) is 8.59.